The van der Waals surface area contributed by atoms with E-state index < -0.39 is 29.6 Å². The van der Waals surface area contributed by atoms with Crippen molar-refractivity contribution in [1.29, 1.82) is 0 Å². The monoisotopic (exact) mass is 512 g/mol. The molecule has 1 aliphatic rings. The first-order chi connectivity index (χ1) is 17.0. The molecule has 0 aromatic heterocycles. The van der Waals surface area contributed by atoms with E-state index in [4.69, 9.17) is 15.2 Å². The lowest BCUT2D eigenvalue weighted by Gasteiger charge is -2.31. The fourth-order valence-corrected chi connectivity index (χ4v) is 4.32. The molecule has 200 valence electrons. The Bertz CT molecular complexity index is 988. The standard InChI is InChI=1S/C26H35F3N2O5/c1-4-35-15-13-18(30)10-6-5-9-14-36-25(34)22-17(3)31-16(2)21(24(32)33)23(22)19-11-7-8-12-20(19)26(27,28)29/h7-8,11-12,18,23,31H,4-6,9-10,13-15,30H2,1-3H3,(H,32,33). The van der Waals surface area contributed by atoms with Gasteiger partial charge in [-0.2, -0.15) is 13.2 Å². The van der Waals surface area contributed by atoms with Crippen LogP contribution in [0.25, 0.3) is 0 Å². The lowest BCUT2D eigenvalue weighted by Crippen LogP contribution is -2.33. The number of hydrogen-bond donors (Lipinski definition) is 3. The first-order valence-electron chi connectivity index (χ1n) is 12.1. The number of carboxylic acid groups (broad SMARTS) is 1. The number of carbonyl (C=O) groups is 2. The van der Waals surface area contributed by atoms with Crippen molar-refractivity contribution in [2.24, 2.45) is 5.73 Å². The van der Waals surface area contributed by atoms with E-state index in [2.05, 4.69) is 5.32 Å². The van der Waals surface area contributed by atoms with Crippen molar-refractivity contribution in [3.05, 3.63) is 57.9 Å². The van der Waals surface area contributed by atoms with Crippen LogP contribution in [0.5, 0.6) is 0 Å². The highest BCUT2D eigenvalue weighted by molar-refractivity contribution is 5.99. The van der Waals surface area contributed by atoms with Crippen molar-refractivity contribution >= 4 is 11.9 Å². The molecular weight excluding hydrogens is 477 g/mol. The number of benzene rings is 1. The van der Waals surface area contributed by atoms with Gasteiger partial charge in [0, 0.05) is 30.6 Å². The molecule has 7 nitrogen and oxygen atoms in total. The van der Waals surface area contributed by atoms with Gasteiger partial charge in [-0.05, 0) is 51.7 Å². The van der Waals surface area contributed by atoms with Crippen molar-refractivity contribution in [2.75, 3.05) is 19.8 Å². The molecule has 0 fully saturated rings. The maximum atomic E-state index is 13.8. The molecule has 2 atom stereocenters. The molecule has 1 aliphatic heterocycles. The quantitative estimate of drug-likeness (QED) is 0.255. The minimum Gasteiger partial charge on any atom is -0.478 e. The van der Waals surface area contributed by atoms with Gasteiger partial charge in [0.05, 0.1) is 29.2 Å². The molecule has 36 heavy (non-hydrogen) atoms. The van der Waals surface area contributed by atoms with Crippen LogP contribution < -0.4 is 11.1 Å². The molecule has 2 rings (SSSR count). The molecule has 1 aromatic carbocycles. The highest BCUT2D eigenvalue weighted by atomic mass is 19.4. The van der Waals surface area contributed by atoms with Gasteiger partial charge in [0.1, 0.15) is 0 Å². The van der Waals surface area contributed by atoms with Crippen molar-refractivity contribution < 1.29 is 37.3 Å². The van der Waals surface area contributed by atoms with Gasteiger partial charge in [-0.1, -0.05) is 31.0 Å². The van der Waals surface area contributed by atoms with Gasteiger partial charge in [-0.25, -0.2) is 9.59 Å². The van der Waals surface area contributed by atoms with Gasteiger partial charge >= 0.3 is 18.1 Å². The number of halogens is 3. The summed E-state index contributed by atoms with van der Waals surface area (Å²) in [7, 11) is 0. The molecule has 0 aliphatic carbocycles. The largest absolute Gasteiger partial charge is 0.478 e. The Kier molecular flexibility index (Phi) is 11.0. The number of carboxylic acids is 1. The Balaban J connectivity index is 2.14. The first kappa shape index (κ1) is 29.4. The van der Waals surface area contributed by atoms with Crippen LogP contribution in [0.4, 0.5) is 13.2 Å². The van der Waals surface area contributed by atoms with Gasteiger partial charge in [0.15, 0.2) is 0 Å². The Morgan fingerprint density at radius 1 is 1.06 bits per heavy atom. The van der Waals surface area contributed by atoms with Crippen molar-refractivity contribution in [3.8, 4) is 0 Å². The summed E-state index contributed by atoms with van der Waals surface area (Å²) in [4.78, 5) is 25.1. The minimum absolute atomic E-state index is 0.0270. The number of esters is 1. The Morgan fingerprint density at radius 3 is 2.36 bits per heavy atom. The molecule has 1 aromatic rings. The molecule has 0 saturated carbocycles. The Labute approximate surface area is 209 Å². The fourth-order valence-electron chi connectivity index (χ4n) is 4.32. The van der Waals surface area contributed by atoms with Crippen LogP contribution >= 0.6 is 0 Å². The number of ether oxygens (including phenoxy) is 2. The Morgan fingerprint density at radius 2 is 1.72 bits per heavy atom. The molecule has 2 unspecified atom stereocenters. The second-order valence-electron chi connectivity index (χ2n) is 8.76. The van der Waals surface area contributed by atoms with E-state index in [1.54, 1.807) is 0 Å². The van der Waals surface area contributed by atoms with Gasteiger partial charge in [0.2, 0.25) is 0 Å². The van der Waals surface area contributed by atoms with E-state index in [0.29, 0.717) is 19.6 Å². The zero-order valence-corrected chi connectivity index (χ0v) is 20.9. The average molecular weight is 513 g/mol. The van der Waals surface area contributed by atoms with Gasteiger partial charge in [-0.3, -0.25) is 0 Å². The topological polar surface area (TPSA) is 111 Å². The third-order valence-corrected chi connectivity index (χ3v) is 6.08. The lowest BCUT2D eigenvalue weighted by atomic mass is 9.78. The summed E-state index contributed by atoms with van der Waals surface area (Å²) in [6.45, 7) is 6.22. The summed E-state index contributed by atoms with van der Waals surface area (Å²) >= 11 is 0. The number of nitrogens with two attached hydrogens (primary N) is 1. The molecule has 0 amide bonds. The summed E-state index contributed by atoms with van der Waals surface area (Å²) in [5.41, 5.74) is 4.68. The number of aliphatic carboxylic acids is 1. The fraction of sp³-hybridized carbons (Fsp3) is 0.538. The number of rotatable bonds is 13. The van der Waals surface area contributed by atoms with Crippen molar-refractivity contribution in [2.45, 2.75) is 71.0 Å². The molecule has 0 saturated heterocycles. The van der Waals surface area contributed by atoms with Gasteiger partial charge < -0.3 is 25.6 Å². The van der Waals surface area contributed by atoms with Crippen LogP contribution in [0.1, 0.15) is 69.9 Å². The summed E-state index contributed by atoms with van der Waals surface area (Å²) < 4.78 is 52.1. The second kappa shape index (κ2) is 13.5. The SMILES string of the molecule is CCOCCC(N)CCCCCOC(=O)C1=C(C)NC(C)=C(C(=O)O)C1c1ccccc1C(F)(F)F. The third-order valence-electron chi connectivity index (χ3n) is 6.08. The summed E-state index contributed by atoms with van der Waals surface area (Å²) in [6.07, 6.45) is -1.02. The van der Waals surface area contributed by atoms with E-state index in [0.717, 1.165) is 31.7 Å². The molecule has 0 spiro atoms. The molecule has 4 N–H and O–H groups in total. The predicted molar refractivity (Wildman–Crippen MR) is 129 cm³/mol. The number of nitrogens with one attached hydrogen (secondary N) is 1. The maximum absolute atomic E-state index is 13.8. The summed E-state index contributed by atoms with van der Waals surface area (Å²) in [5.74, 6) is -3.69. The summed E-state index contributed by atoms with van der Waals surface area (Å²) in [5, 5.41) is 12.6. The van der Waals surface area contributed by atoms with E-state index in [1.165, 1.54) is 32.0 Å². The van der Waals surface area contributed by atoms with Gasteiger partial charge in [0.25, 0.3) is 0 Å². The molecule has 0 radical (unpaired) electrons. The van der Waals surface area contributed by atoms with Crippen LogP contribution in [0.15, 0.2) is 46.8 Å². The molecule has 0 bridgehead atoms. The van der Waals surface area contributed by atoms with Crippen LogP contribution in [0, 0.1) is 0 Å². The maximum Gasteiger partial charge on any atom is 0.416 e. The number of hydrogen-bond acceptors (Lipinski definition) is 6. The zero-order chi connectivity index (χ0) is 26.9. The highest BCUT2D eigenvalue weighted by Crippen LogP contribution is 2.44. The third kappa shape index (κ3) is 7.83. The molecule has 1 heterocycles. The van der Waals surface area contributed by atoms with E-state index in [1.807, 2.05) is 6.92 Å². The van der Waals surface area contributed by atoms with Crippen LogP contribution in [0.2, 0.25) is 0 Å². The predicted octanol–water partition coefficient (Wildman–Crippen LogP) is 4.88. The lowest BCUT2D eigenvalue weighted by molar-refractivity contribution is -0.141. The zero-order valence-electron chi connectivity index (χ0n) is 20.9. The first-order valence-corrected chi connectivity index (χ1v) is 12.1. The van der Waals surface area contributed by atoms with Crippen LogP contribution in [0.3, 0.4) is 0 Å². The van der Waals surface area contributed by atoms with Crippen LogP contribution in [-0.2, 0) is 25.2 Å². The normalized spacial score (nSPS) is 17.1. The number of alkyl halides is 3. The van der Waals surface area contributed by atoms with E-state index >= 15 is 0 Å². The number of carbonyl (C=O) groups excluding carboxylic acids is 1. The number of allylic oxidation sites excluding steroid dienone is 2. The van der Waals surface area contributed by atoms with E-state index in [-0.39, 0.29) is 40.8 Å². The highest BCUT2D eigenvalue weighted by Gasteiger charge is 2.42. The molecular formula is C26H35F3N2O5. The van der Waals surface area contributed by atoms with Crippen molar-refractivity contribution in [3.63, 3.8) is 0 Å². The number of unbranched alkanes of at least 4 members (excludes halogenated alkanes) is 2. The van der Waals surface area contributed by atoms with Gasteiger partial charge in [-0.15, -0.1) is 0 Å². The minimum atomic E-state index is -4.73. The van der Waals surface area contributed by atoms with E-state index in [9.17, 15) is 27.9 Å². The smallest absolute Gasteiger partial charge is 0.416 e. The second-order valence-corrected chi connectivity index (χ2v) is 8.76. The van der Waals surface area contributed by atoms with Crippen molar-refractivity contribution in [1.82, 2.24) is 5.32 Å². The Hall–Kier alpha value is -2.85. The molecule has 10 heteroatoms. The summed E-state index contributed by atoms with van der Waals surface area (Å²) in [6, 6.07) is 4.72. The number of dihydropyridines is 1. The average Bonchev–Trinajstić information content (AvgIpc) is 2.80. The van der Waals surface area contributed by atoms with Crippen LogP contribution in [-0.4, -0.2) is 42.9 Å².